The van der Waals surface area contributed by atoms with E-state index in [0.29, 0.717) is 24.3 Å². The molecule has 2 heterocycles. The van der Waals surface area contributed by atoms with Gasteiger partial charge in [-0.05, 0) is 31.5 Å². The number of cyclic esters (lactones) is 1. The molecule has 0 bridgehead atoms. The van der Waals surface area contributed by atoms with Crippen molar-refractivity contribution in [1.82, 2.24) is 15.0 Å². The Labute approximate surface area is 121 Å². The van der Waals surface area contributed by atoms with Crippen molar-refractivity contribution in [2.45, 2.75) is 26.5 Å². The Balaban J connectivity index is 1.73. The Kier molecular flexibility index (Phi) is 3.32. The van der Waals surface area contributed by atoms with Gasteiger partial charge >= 0.3 is 6.09 Å². The molecule has 1 aliphatic heterocycles. The number of rotatable bonds is 3. The first-order valence-electron chi connectivity index (χ1n) is 6.64. The normalized spacial score (nSPS) is 18.1. The fraction of sp³-hybridized carbons (Fsp3) is 0.357. The minimum atomic E-state index is -0.472. The van der Waals surface area contributed by atoms with Gasteiger partial charge in [-0.1, -0.05) is 11.3 Å². The zero-order chi connectivity index (χ0) is 15.0. The maximum absolute atomic E-state index is 13.6. The summed E-state index contributed by atoms with van der Waals surface area (Å²) in [6.45, 7) is 4.31. The molecular weight excluding hydrogens is 275 g/mol. The van der Waals surface area contributed by atoms with E-state index in [1.165, 1.54) is 11.0 Å². The number of aryl methyl sites for hydroxylation is 2. The molecule has 110 valence electrons. The summed E-state index contributed by atoms with van der Waals surface area (Å²) in [7, 11) is 0. The lowest BCUT2D eigenvalue weighted by Crippen LogP contribution is -2.26. The molecule has 1 amide bonds. The molecule has 0 aliphatic carbocycles. The van der Waals surface area contributed by atoms with Crippen LogP contribution in [0.15, 0.2) is 24.4 Å². The largest absolute Gasteiger partial charge is 0.442 e. The van der Waals surface area contributed by atoms with E-state index in [4.69, 9.17) is 4.74 Å². The predicted molar refractivity (Wildman–Crippen MR) is 73.5 cm³/mol. The number of carbonyl (C=O) groups excluding carboxylic acids is 1. The van der Waals surface area contributed by atoms with Gasteiger partial charge in [0.15, 0.2) is 0 Å². The highest BCUT2D eigenvalue weighted by atomic mass is 19.1. The Morgan fingerprint density at radius 2 is 2.24 bits per heavy atom. The second kappa shape index (κ2) is 5.16. The zero-order valence-electron chi connectivity index (χ0n) is 11.8. The number of hydrogen-bond donors (Lipinski definition) is 0. The van der Waals surface area contributed by atoms with Gasteiger partial charge in [0.25, 0.3) is 0 Å². The van der Waals surface area contributed by atoms with E-state index in [2.05, 4.69) is 10.3 Å². The Bertz CT molecular complexity index is 685. The van der Waals surface area contributed by atoms with Gasteiger partial charge in [-0.3, -0.25) is 4.90 Å². The molecule has 0 radical (unpaired) electrons. The Morgan fingerprint density at radius 3 is 2.90 bits per heavy atom. The lowest BCUT2D eigenvalue weighted by molar-refractivity contribution is 0.129. The minimum absolute atomic E-state index is 0.331. The number of carbonyl (C=O) groups is 1. The van der Waals surface area contributed by atoms with Crippen molar-refractivity contribution in [3.05, 3.63) is 41.5 Å². The van der Waals surface area contributed by atoms with E-state index in [0.717, 1.165) is 5.69 Å². The summed E-state index contributed by atoms with van der Waals surface area (Å²) in [4.78, 5) is 13.3. The van der Waals surface area contributed by atoms with Gasteiger partial charge in [0.2, 0.25) is 0 Å². The van der Waals surface area contributed by atoms with E-state index in [1.807, 2.05) is 6.92 Å². The van der Waals surface area contributed by atoms with Gasteiger partial charge in [-0.2, -0.15) is 0 Å². The minimum Gasteiger partial charge on any atom is -0.442 e. The number of ether oxygens (including phenoxy) is 1. The lowest BCUT2D eigenvalue weighted by atomic mass is 10.2. The molecule has 1 aliphatic rings. The summed E-state index contributed by atoms with van der Waals surface area (Å²) in [5.41, 5.74) is 1.85. The highest BCUT2D eigenvalue weighted by Crippen LogP contribution is 2.24. The fourth-order valence-corrected chi connectivity index (χ4v) is 2.27. The molecule has 1 atom stereocenters. The summed E-state index contributed by atoms with van der Waals surface area (Å²) in [6.07, 6.45) is 0.977. The predicted octanol–water partition coefficient (Wildman–Crippen LogP) is 2.06. The maximum atomic E-state index is 13.6. The molecule has 6 nitrogen and oxygen atoms in total. The van der Waals surface area contributed by atoms with E-state index in [9.17, 15) is 9.18 Å². The molecule has 0 spiro atoms. The third-order valence-electron chi connectivity index (χ3n) is 3.39. The van der Waals surface area contributed by atoms with Gasteiger partial charge in [0.1, 0.15) is 11.9 Å². The number of aromatic nitrogens is 3. The number of anilines is 1. The molecule has 3 rings (SSSR count). The van der Waals surface area contributed by atoms with Crippen LogP contribution < -0.4 is 4.90 Å². The number of hydrogen-bond acceptors (Lipinski definition) is 4. The summed E-state index contributed by atoms with van der Waals surface area (Å²) in [5, 5.41) is 7.81. The average molecular weight is 290 g/mol. The summed E-state index contributed by atoms with van der Waals surface area (Å²) >= 11 is 0. The van der Waals surface area contributed by atoms with Crippen LogP contribution in [-0.4, -0.2) is 33.7 Å². The van der Waals surface area contributed by atoms with Gasteiger partial charge in [-0.25, -0.2) is 13.9 Å². The fourth-order valence-electron chi connectivity index (χ4n) is 2.27. The Morgan fingerprint density at radius 1 is 1.43 bits per heavy atom. The van der Waals surface area contributed by atoms with Gasteiger partial charge in [-0.15, -0.1) is 5.10 Å². The molecule has 0 N–H and O–H groups in total. The number of nitrogens with zero attached hydrogens (tertiary/aromatic N) is 4. The van der Waals surface area contributed by atoms with Crippen molar-refractivity contribution in [2.75, 3.05) is 11.4 Å². The maximum Gasteiger partial charge on any atom is 0.414 e. The van der Waals surface area contributed by atoms with Crippen LogP contribution in [0.1, 0.15) is 11.3 Å². The van der Waals surface area contributed by atoms with Crippen molar-refractivity contribution in [2.24, 2.45) is 0 Å². The molecule has 2 aromatic rings. The summed E-state index contributed by atoms with van der Waals surface area (Å²) in [6, 6.07) is 4.70. The van der Waals surface area contributed by atoms with Crippen LogP contribution in [0.2, 0.25) is 0 Å². The zero-order valence-corrected chi connectivity index (χ0v) is 11.8. The van der Waals surface area contributed by atoms with Crippen LogP contribution in [0, 0.1) is 19.7 Å². The highest BCUT2D eigenvalue weighted by molar-refractivity contribution is 5.89. The van der Waals surface area contributed by atoms with E-state index >= 15 is 0 Å². The molecule has 7 heteroatoms. The smallest absolute Gasteiger partial charge is 0.414 e. The molecular formula is C14H15FN4O2. The SMILES string of the molecule is Cc1cn(CC2CN(c3ccc(C)c(F)c3)C(=O)O2)nn1. The molecule has 21 heavy (non-hydrogen) atoms. The van der Waals surface area contributed by atoms with Crippen LogP contribution in [0.25, 0.3) is 0 Å². The Hall–Kier alpha value is -2.44. The van der Waals surface area contributed by atoms with E-state index in [1.54, 1.807) is 29.9 Å². The third kappa shape index (κ3) is 2.72. The molecule has 1 aromatic heterocycles. The highest BCUT2D eigenvalue weighted by Gasteiger charge is 2.33. The van der Waals surface area contributed by atoms with Crippen molar-refractivity contribution >= 4 is 11.8 Å². The van der Waals surface area contributed by atoms with Crippen LogP contribution in [0.3, 0.4) is 0 Å². The number of benzene rings is 1. The van der Waals surface area contributed by atoms with Crippen LogP contribution >= 0.6 is 0 Å². The first-order chi connectivity index (χ1) is 10.0. The van der Waals surface area contributed by atoms with E-state index < -0.39 is 6.09 Å². The second-order valence-electron chi connectivity index (χ2n) is 5.13. The quantitative estimate of drug-likeness (QED) is 0.868. The topological polar surface area (TPSA) is 60.2 Å². The van der Waals surface area contributed by atoms with Crippen molar-refractivity contribution < 1.29 is 13.9 Å². The first-order valence-corrected chi connectivity index (χ1v) is 6.64. The molecule has 1 unspecified atom stereocenters. The molecule has 1 aromatic carbocycles. The number of halogens is 1. The second-order valence-corrected chi connectivity index (χ2v) is 5.13. The van der Waals surface area contributed by atoms with E-state index in [-0.39, 0.29) is 11.9 Å². The monoisotopic (exact) mass is 290 g/mol. The van der Waals surface area contributed by atoms with Crippen LogP contribution in [0.4, 0.5) is 14.9 Å². The van der Waals surface area contributed by atoms with Crippen molar-refractivity contribution in [1.29, 1.82) is 0 Å². The standard InChI is InChI=1S/C14H15FN4O2/c1-9-3-4-11(5-13(9)15)19-8-12(21-14(19)20)7-18-6-10(2)16-17-18/h3-6,12H,7-8H2,1-2H3. The van der Waals surface area contributed by atoms with Crippen molar-refractivity contribution in [3.63, 3.8) is 0 Å². The summed E-state index contributed by atoms with van der Waals surface area (Å²) in [5.74, 6) is -0.337. The van der Waals surface area contributed by atoms with Crippen LogP contribution in [-0.2, 0) is 11.3 Å². The van der Waals surface area contributed by atoms with Crippen LogP contribution in [0.5, 0.6) is 0 Å². The van der Waals surface area contributed by atoms with Gasteiger partial charge < -0.3 is 4.74 Å². The lowest BCUT2D eigenvalue weighted by Gasteiger charge is -2.13. The average Bonchev–Trinajstić information content (AvgIpc) is 3.00. The molecule has 1 fully saturated rings. The van der Waals surface area contributed by atoms with Gasteiger partial charge in [0.05, 0.1) is 24.5 Å². The third-order valence-corrected chi connectivity index (χ3v) is 3.39. The van der Waals surface area contributed by atoms with Gasteiger partial charge in [0, 0.05) is 6.20 Å². The molecule has 0 saturated carbocycles. The first kappa shape index (κ1) is 13.5. The number of amides is 1. The van der Waals surface area contributed by atoms with Crippen molar-refractivity contribution in [3.8, 4) is 0 Å². The summed E-state index contributed by atoms with van der Waals surface area (Å²) < 4.78 is 20.5. The molecule has 1 saturated heterocycles.